The summed E-state index contributed by atoms with van der Waals surface area (Å²) in [7, 11) is 1.71. The summed E-state index contributed by atoms with van der Waals surface area (Å²) in [6, 6.07) is 5.82. The number of carbonyl (C=O) groups is 1. The van der Waals surface area contributed by atoms with Crippen LogP contribution in [0.4, 0.5) is 10.5 Å². The van der Waals surface area contributed by atoms with Gasteiger partial charge in [-0.3, -0.25) is 10.3 Å². The van der Waals surface area contributed by atoms with Gasteiger partial charge in [0.25, 0.3) is 0 Å². The van der Waals surface area contributed by atoms with Crippen molar-refractivity contribution >= 4 is 11.7 Å². The molecular formula is C11H15N3O. The number of fused-ring (bicyclic) bond motifs is 1. The standard InChI is InChI=1S/C11H15N3O/c1-14(11(15)13-12)10-6-5-8-3-2-4-9(8)7-10/h5-7H,2-4,12H2,1H3,(H,13,15). The first kappa shape index (κ1) is 9.98. The molecule has 1 aliphatic carbocycles. The first-order chi connectivity index (χ1) is 7.22. The molecule has 15 heavy (non-hydrogen) atoms. The Morgan fingerprint density at radius 1 is 1.40 bits per heavy atom. The van der Waals surface area contributed by atoms with Crippen LogP contribution in [0.15, 0.2) is 18.2 Å². The summed E-state index contributed by atoms with van der Waals surface area (Å²) in [5.41, 5.74) is 5.76. The highest BCUT2D eigenvalue weighted by molar-refractivity contribution is 5.91. The van der Waals surface area contributed by atoms with Gasteiger partial charge >= 0.3 is 6.03 Å². The highest BCUT2D eigenvalue weighted by Gasteiger charge is 2.14. The van der Waals surface area contributed by atoms with Crippen molar-refractivity contribution in [1.82, 2.24) is 5.43 Å². The van der Waals surface area contributed by atoms with E-state index < -0.39 is 0 Å². The Morgan fingerprint density at radius 2 is 2.13 bits per heavy atom. The third-order valence-corrected chi connectivity index (χ3v) is 2.90. The van der Waals surface area contributed by atoms with Gasteiger partial charge in [0.1, 0.15) is 0 Å². The van der Waals surface area contributed by atoms with Crippen molar-refractivity contribution in [3.63, 3.8) is 0 Å². The molecule has 0 fully saturated rings. The number of hydrogen-bond donors (Lipinski definition) is 2. The van der Waals surface area contributed by atoms with Gasteiger partial charge in [0.05, 0.1) is 0 Å². The number of nitrogens with two attached hydrogens (primary N) is 1. The quantitative estimate of drug-likeness (QED) is 0.411. The molecule has 1 aromatic rings. The van der Waals surface area contributed by atoms with E-state index in [0.29, 0.717) is 0 Å². The van der Waals surface area contributed by atoms with E-state index in [9.17, 15) is 4.79 Å². The number of amides is 2. The van der Waals surface area contributed by atoms with Crippen molar-refractivity contribution in [1.29, 1.82) is 0 Å². The van der Waals surface area contributed by atoms with Crippen LogP contribution >= 0.6 is 0 Å². The minimum Gasteiger partial charge on any atom is -0.296 e. The number of rotatable bonds is 1. The minimum atomic E-state index is -0.298. The fourth-order valence-corrected chi connectivity index (χ4v) is 1.98. The van der Waals surface area contributed by atoms with Crippen LogP contribution in [0.3, 0.4) is 0 Å². The van der Waals surface area contributed by atoms with Crippen LogP contribution in [0, 0.1) is 0 Å². The number of hydrazine groups is 1. The molecule has 0 unspecified atom stereocenters. The summed E-state index contributed by atoms with van der Waals surface area (Å²) in [6.45, 7) is 0. The maximum Gasteiger partial charge on any atom is 0.335 e. The summed E-state index contributed by atoms with van der Waals surface area (Å²) >= 11 is 0. The van der Waals surface area contributed by atoms with Crippen LogP contribution in [-0.4, -0.2) is 13.1 Å². The average Bonchev–Trinajstić information content (AvgIpc) is 2.73. The third kappa shape index (κ3) is 1.80. The third-order valence-electron chi connectivity index (χ3n) is 2.90. The molecule has 0 aliphatic heterocycles. The summed E-state index contributed by atoms with van der Waals surface area (Å²) in [4.78, 5) is 12.8. The predicted octanol–water partition coefficient (Wildman–Crippen LogP) is 1.19. The van der Waals surface area contributed by atoms with Gasteiger partial charge < -0.3 is 0 Å². The molecule has 0 atom stereocenters. The summed E-state index contributed by atoms with van der Waals surface area (Å²) in [5.74, 6) is 5.08. The van der Waals surface area contributed by atoms with Gasteiger partial charge in [0.15, 0.2) is 0 Å². The van der Waals surface area contributed by atoms with E-state index in [1.807, 2.05) is 6.07 Å². The van der Waals surface area contributed by atoms with Crippen LogP contribution < -0.4 is 16.2 Å². The zero-order chi connectivity index (χ0) is 10.8. The number of anilines is 1. The molecular weight excluding hydrogens is 190 g/mol. The van der Waals surface area contributed by atoms with Gasteiger partial charge in [0.2, 0.25) is 0 Å². The van der Waals surface area contributed by atoms with Gasteiger partial charge in [0, 0.05) is 12.7 Å². The Bertz CT molecular complexity index is 389. The molecule has 4 nitrogen and oxygen atoms in total. The summed E-state index contributed by atoms with van der Waals surface area (Å²) in [5, 5.41) is 0. The Morgan fingerprint density at radius 3 is 2.87 bits per heavy atom. The molecule has 0 heterocycles. The molecule has 1 aliphatic rings. The molecule has 0 bridgehead atoms. The molecule has 0 aromatic heterocycles. The van der Waals surface area contributed by atoms with Gasteiger partial charge in [-0.1, -0.05) is 6.07 Å². The molecule has 2 rings (SSSR count). The van der Waals surface area contributed by atoms with E-state index in [2.05, 4.69) is 17.6 Å². The minimum absolute atomic E-state index is 0.298. The zero-order valence-electron chi connectivity index (χ0n) is 8.79. The van der Waals surface area contributed by atoms with Crippen LogP contribution in [-0.2, 0) is 12.8 Å². The summed E-state index contributed by atoms with van der Waals surface area (Å²) < 4.78 is 0. The summed E-state index contributed by atoms with van der Waals surface area (Å²) in [6.07, 6.45) is 3.48. The molecule has 80 valence electrons. The van der Waals surface area contributed by atoms with Crippen LogP contribution in [0.1, 0.15) is 17.5 Å². The van der Waals surface area contributed by atoms with Gasteiger partial charge in [-0.15, -0.1) is 0 Å². The predicted molar refractivity (Wildman–Crippen MR) is 59.6 cm³/mol. The molecule has 0 radical (unpaired) electrons. The van der Waals surface area contributed by atoms with E-state index in [4.69, 9.17) is 5.84 Å². The monoisotopic (exact) mass is 205 g/mol. The lowest BCUT2D eigenvalue weighted by atomic mass is 10.1. The van der Waals surface area contributed by atoms with Gasteiger partial charge in [-0.25, -0.2) is 10.6 Å². The van der Waals surface area contributed by atoms with Gasteiger partial charge in [-0.2, -0.15) is 0 Å². The highest BCUT2D eigenvalue weighted by atomic mass is 16.2. The molecule has 1 aromatic carbocycles. The smallest absolute Gasteiger partial charge is 0.296 e. The number of nitrogens with one attached hydrogen (secondary N) is 1. The van der Waals surface area contributed by atoms with Crippen molar-refractivity contribution < 1.29 is 4.79 Å². The molecule has 2 amide bonds. The number of urea groups is 1. The topological polar surface area (TPSA) is 58.4 Å². The Hall–Kier alpha value is -1.55. The average molecular weight is 205 g/mol. The largest absolute Gasteiger partial charge is 0.335 e. The maximum atomic E-state index is 11.3. The van der Waals surface area contributed by atoms with E-state index in [0.717, 1.165) is 18.5 Å². The molecule has 0 spiro atoms. The lowest BCUT2D eigenvalue weighted by molar-refractivity contribution is 0.247. The highest BCUT2D eigenvalue weighted by Crippen LogP contribution is 2.26. The van der Waals surface area contributed by atoms with Crippen LogP contribution in [0.2, 0.25) is 0 Å². The number of hydrogen-bond acceptors (Lipinski definition) is 2. The SMILES string of the molecule is CN(C(=O)NN)c1ccc2c(c1)CCC2. The number of nitrogens with zero attached hydrogens (tertiary/aromatic N) is 1. The maximum absolute atomic E-state index is 11.3. The number of benzene rings is 1. The molecule has 4 heteroatoms. The van der Waals surface area contributed by atoms with Crippen molar-refractivity contribution in [2.45, 2.75) is 19.3 Å². The van der Waals surface area contributed by atoms with Crippen molar-refractivity contribution in [2.24, 2.45) is 5.84 Å². The second kappa shape index (κ2) is 3.90. The van der Waals surface area contributed by atoms with E-state index in [1.165, 1.54) is 22.4 Å². The molecule has 0 saturated heterocycles. The Balaban J connectivity index is 2.26. The lowest BCUT2D eigenvalue weighted by Gasteiger charge is -2.17. The first-order valence-electron chi connectivity index (χ1n) is 5.08. The number of aryl methyl sites for hydroxylation is 2. The molecule has 3 N–H and O–H groups in total. The van der Waals surface area contributed by atoms with Crippen LogP contribution in [0.5, 0.6) is 0 Å². The van der Waals surface area contributed by atoms with Crippen LogP contribution in [0.25, 0.3) is 0 Å². The van der Waals surface area contributed by atoms with Crippen molar-refractivity contribution in [2.75, 3.05) is 11.9 Å². The normalized spacial score (nSPS) is 13.5. The first-order valence-corrected chi connectivity index (χ1v) is 5.08. The fourth-order valence-electron chi connectivity index (χ4n) is 1.98. The number of carbonyl (C=O) groups excluding carboxylic acids is 1. The lowest BCUT2D eigenvalue weighted by Crippen LogP contribution is -2.41. The second-order valence-electron chi connectivity index (χ2n) is 3.82. The van der Waals surface area contributed by atoms with Crippen molar-refractivity contribution in [3.8, 4) is 0 Å². The van der Waals surface area contributed by atoms with E-state index in [1.54, 1.807) is 7.05 Å². The van der Waals surface area contributed by atoms with Crippen molar-refractivity contribution in [3.05, 3.63) is 29.3 Å². The van der Waals surface area contributed by atoms with Gasteiger partial charge in [-0.05, 0) is 42.5 Å². The Kier molecular flexibility index (Phi) is 2.60. The second-order valence-corrected chi connectivity index (χ2v) is 3.82. The molecule has 0 saturated carbocycles. The van der Waals surface area contributed by atoms with E-state index in [-0.39, 0.29) is 6.03 Å². The Labute approximate surface area is 89.0 Å². The zero-order valence-corrected chi connectivity index (χ0v) is 8.79. The fraction of sp³-hybridized carbons (Fsp3) is 0.364. The van der Waals surface area contributed by atoms with E-state index >= 15 is 0 Å².